The van der Waals surface area contributed by atoms with Crippen molar-refractivity contribution in [1.29, 1.82) is 0 Å². The second-order valence-electron chi connectivity index (χ2n) is 3.71. The second kappa shape index (κ2) is 5.68. The lowest BCUT2D eigenvalue weighted by atomic mass is 10.2. The van der Waals surface area contributed by atoms with E-state index in [4.69, 9.17) is 0 Å². The van der Waals surface area contributed by atoms with Crippen LogP contribution in [-0.2, 0) is 16.0 Å². The first-order valence-corrected chi connectivity index (χ1v) is 6.38. The number of aryl methyl sites for hydroxylation is 2. The molecule has 0 fully saturated rings. The van der Waals surface area contributed by atoms with Gasteiger partial charge in [0.15, 0.2) is 0 Å². The van der Waals surface area contributed by atoms with E-state index in [0.717, 1.165) is 22.2 Å². The molecule has 0 atom stereocenters. The molecule has 5 nitrogen and oxygen atoms in total. The maximum absolute atomic E-state index is 11.0. The number of carbonyl (C=O) groups excluding carboxylic acids is 1. The number of nitrogens with zero attached hydrogens (tertiary/aromatic N) is 3. The summed E-state index contributed by atoms with van der Waals surface area (Å²) in [7, 11) is 1.39. The summed E-state index contributed by atoms with van der Waals surface area (Å²) in [6.45, 7) is 1.84. The van der Waals surface area contributed by atoms with Crippen molar-refractivity contribution in [2.24, 2.45) is 0 Å². The molecule has 0 N–H and O–H groups in total. The highest BCUT2D eigenvalue weighted by atomic mass is 32.1. The monoisotopic (exact) mass is 263 g/mol. The average Bonchev–Trinajstić information content (AvgIpc) is 2.84. The lowest BCUT2D eigenvalue weighted by Gasteiger charge is -1.97. The average molecular weight is 263 g/mol. The summed E-state index contributed by atoms with van der Waals surface area (Å²) in [4.78, 5) is 23.8. The smallest absolute Gasteiger partial charge is 0.305 e. The first-order chi connectivity index (χ1) is 8.69. The van der Waals surface area contributed by atoms with Gasteiger partial charge in [0.2, 0.25) is 0 Å². The molecule has 18 heavy (non-hydrogen) atoms. The van der Waals surface area contributed by atoms with E-state index in [2.05, 4.69) is 19.7 Å². The van der Waals surface area contributed by atoms with E-state index < -0.39 is 0 Å². The van der Waals surface area contributed by atoms with Crippen molar-refractivity contribution in [2.75, 3.05) is 7.11 Å². The Morgan fingerprint density at radius 1 is 1.44 bits per heavy atom. The summed E-state index contributed by atoms with van der Waals surface area (Å²) in [6, 6.07) is 1.83. The van der Waals surface area contributed by atoms with Crippen LogP contribution in [0.2, 0.25) is 0 Å². The molecule has 0 aliphatic carbocycles. The topological polar surface area (TPSA) is 65.0 Å². The molecule has 0 bridgehead atoms. The summed E-state index contributed by atoms with van der Waals surface area (Å²) in [5.41, 5.74) is 1.70. The first-order valence-electron chi connectivity index (χ1n) is 5.50. The Hall–Kier alpha value is -1.82. The summed E-state index contributed by atoms with van der Waals surface area (Å²) in [5, 5.41) is 2.79. The summed E-state index contributed by atoms with van der Waals surface area (Å²) in [5.74, 6) is 0.501. The molecule has 0 aliphatic heterocycles. The van der Waals surface area contributed by atoms with E-state index in [1.807, 2.05) is 18.4 Å². The number of aromatic nitrogens is 3. The molecule has 0 saturated carbocycles. The van der Waals surface area contributed by atoms with Gasteiger partial charge in [-0.1, -0.05) is 0 Å². The molecule has 6 heteroatoms. The molecule has 2 aromatic rings. The van der Waals surface area contributed by atoms with Crippen molar-refractivity contribution >= 4 is 17.3 Å². The van der Waals surface area contributed by atoms with Gasteiger partial charge in [-0.05, 0) is 13.0 Å². The SMILES string of the molecule is COC(=O)CCc1csc(-c2ccnc(C)n2)n1. The number of esters is 1. The fourth-order valence-electron chi connectivity index (χ4n) is 1.45. The molecule has 2 heterocycles. The van der Waals surface area contributed by atoms with Crippen LogP contribution < -0.4 is 0 Å². The standard InChI is InChI=1S/C12H13N3O2S/c1-8-13-6-5-10(14-8)12-15-9(7-18-12)3-4-11(16)17-2/h5-7H,3-4H2,1-2H3. The van der Waals surface area contributed by atoms with Gasteiger partial charge in [-0.15, -0.1) is 11.3 Å². The Labute approximate surface area is 109 Å². The van der Waals surface area contributed by atoms with Crippen LogP contribution in [0.4, 0.5) is 0 Å². The second-order valence-corrected chi connectivity index (χ2v) is 4.57. The number of hydrogen-bond acceptors (Lipinski definition) is 6. The van der Waals surface area contributed by atoms with Gasteiger partial charge in [0.1, 0.15) is 16.5 Å². The van der Waals surface area contributed by atoms with Crippen molar-refractivity contribution in [3.05, 3.63) is 29.2 Å². The Kier molecular flexibility index (Phi) is 3.99. The molecule has 0 unspecified atom stereocenters. The van der Waals surface area contributed by atoms with Crippen molar-refractivity contribution in [3.8, 4) is 10.7 Å². The van der Waals surface area contributed by atoms with Crippen LogP contribution in [-0.4, -0.2) is 28.0 Å². The predicted octanol–water partition coefficient (Wildman–Crippen LogP) is 2.01. The minimum Gasteiger partial charge on any atom is -0.469 e. The third kappa shape index (κ3) is 3.10. The number of thiazole rings is 1. The van der Waals surface area contributed by atoms with E-state index in [1.54, 1.807) is 6.20 Å². The molecule has 2 rings (SSSR count). The molecule has 94 valence electrons. The first kappa shape index (κ1) is 12.6. The van der Waals surface area contributed by atoms with Gasteiger partial charge in [-0.2, -0.15) is 0 Å². The fourth-order valence-corrected chi connectivity index (χ4v) is 2.27. The lowest BCUT2D eigenvalue weighted by Crippen LogP contribution is -2.02. The molecule has 0 radical (unpaired) electrons. The van der Waals surface area contributed by atoms with Crippen molar-refractivity contribution in [3.63, 3.8) is 0 Å². The van der Waals surface area contributed by atoms with Gasteiger partial charge < -0.3 is 4.74 Å². The van der Waals surface area contributed by atoms with E-state index in [-0.39, 0.29) is 5.97 Å². The van der Waals surface area contributed by atoms with Gasteiger partial charge >= 0.3 is 5.97 Å². The Morgan fingerprint density at radius 2 is 2.28 bits per heavy atom. The number of carbonyl (C=O) groups is 1. The van der Waals surface area contributed by atoms with E-state index in [9.17, 15) is 4.79 Å². The highest BCUT2D eigenvalue weighted by Crippen LogP contribution is 2.22. The van der Waals surface area contributed by atoms with Crippen LogP contribution in [0.1, 0.15) is 17.9 Å². The fraction of sp³-hybridized carbons (Fsp3) is 0.333. The number of rotatable bonds is 4. The Morgan fingerprint density at radius 3 is 3.00 bits per heavy atom. The quantitative estimate of drug-likeness (QED) is 0.789. The summed E-state index contributed by atoms with van der Waals surface area (Å²) in [6.07, 6.45) is 2.66. The van der Waals surface area contributed by atoms with Crippen LogP contribution in [0.5, 0.6) is 0 Å². The third-order valence-corrected chi connectivity index (χ3v) is 3.27. The van der Waals surface area contributed by atoms with Crippen LogP contribution in [0.3, 0.4) is 0 Å². The van der Waals surface area contributed by atoms with Crippen LogP contribution in [0, 0.1) is 6.92 Å². The van der Waals surface area contributed by atoms with Gasteiger partial charge in [0.25, 0.3) is 0 Å². The zero-order chi connectivity index (χ0) is 13.0. The number of hydrogen-bond donors (Lipinski definition) is 0. The molecule has 0 spiro atoms. The molecule has 0 aromatic carbocycles. The predicted molar refractivity (Wildman–Crippen MR) is 68.2 cm³/mol. The molecular formula is C12H13N3O2S. The number of methoxy groups -OCH3 is 1. The number of ether oxygens (including phenoxy) is 1. The Balaban J connectivity index is 2.08. The molecule has 0 saturated heterocycles. The van der Waals surface area contributed by atoms with Crippen LogP contribution in [0.25, 0.3) is 10.7 Å². The summed E-state index contributed by atoms with van der Waals surface area (Å²) < 4.78 is 4.60. The minimum atomic E-state index is -0.220. The minimum absolute atomic E-state index is 0.220. The van der Waals surface area contributed by atoms with Crippen molar-refractivity contribution in [1.82, 2.24) is 15.0 Å². The van der Waals surface area contributed by atoms with Crippen molar-refractivity contribution in [2.45, 2.75) is 19.8 Å². The summed E-state index contributed by atoms with van der Waals surface area (Å²) >= 11 is 1.52. The zero-order valence-electron chi connectivity index (χ0n) is 10.2. The van der Waals surface area contributed by atoms with E-state index >= 15 is 0 Å². The maximum atomic E-state index is 11.0. The highest BCUT2D eigenvalue weighted by molar-refractivity contribution is 7.13. The third-order valence-electron chi connectivity index (χ3n) is 2.36. The Bertz CT molecular complexity index is 554. The van der Waals surface area contributed by atoms with Gasteiger partial charge in [0, 0.05) is 18.0 Å². The van der Waals surface area contributed by atoms with Gasteiger partial charge in [-0.3, -0.25) is 4.79 Å². The van der Waals surface area contributed by atoms with Crippen LogP contribution >= 0.6 is 11.3 Å². The van der Waals surface area contributed by atoms with E-state index in [1.165, 1.54) is 18.4 Å². The van der Waals surface area contributed by atoms with E-state index in [0.29, 0.717) is 12.8 Å². The molecule has 0 aliphatic rings. The molecule has 2 aromatic heterocycles. The normalized spacial score (nSPS) is 10.3. The highest BCUT2D eigenvalue weighted by Gasteiger charge is 2.08. The van der Waals surface area contributed by atoms with Gasteiger partial charge in [-0.25, -0.2) is 15.0 Å². The largest absolute Gasteiger partial charge is 0.469 e. The molecule has 0 amide bonds. The zero-order valence-corrected chi connectivity index (χ0v) is 11.0. The molecular weight excluding hydrogens is 250 g/mol. The lowest BCUT2D eigenvalue weighted by molar-refractivity contribution is -0.140. The van der Waals surface area contributed by atoms with Crippen LogP contribution in [0.15, 0.2) is 17.6 Å². The van der Waals surface area contributed by atoms with Gasteiger partial charge in [0.05, 0.1) is 19.2 Å². The maximum Gasteiger partial charge on any atom is 0.305 e. The van der Waals surface area contributed by atoms with Crippen molar-refractivity contribution < 1.29 is 9.53 Å².